The van der Waals surface area contributed by atoms with E-state index in [-0.39, 0.29) is 28.7 Å². The van der Waals surface area contributed by atoms with E-state index >= 15 is 0 Å². The van der Waals surface area contributed by atoms with E-state index in [1.165, 1.54) is 0 Å². The average Bonchev–Trinajstić information content (AvgIpc) is 2.50. The summed E-state index contributed by atoms with van der Waals surface area (Å²) in [5.41, 5.74) is 0. The van der Waals surface area contributed by atoms with Gasteiger partial charge in [-0.25, -0.2) is 4.99 Å². The van der Waals surface area contributed by atoms with Gasteiger partial charge in [-0.05, 0) is 32.9 Å². The van der Waals surface area contributed by atoms with Crippen LogP contribution in [-0.4, -0.2) is 59.1 Å². The molecule has 0 amide bonds. The Kier molecular flexibility index (Phi) is 9.04. The number of pyridine rings is 1. The van der Waals surface area contributed by atoms with Crippen LogP contribution in [0.4, 0.5) is 0 Å². The molecule has 0 unspecified atom stereocenters. The molecule has 5 nitrogen and oxygen atoms in total. The van der Waals surface area contributed by atoms with Crippen molar-refractivity contribution >= 4 is 41.7 Å². The van der Waals surface area contributed by atoms with Crippen LogP contribution in [-0.2, 0) is 0 Å². The number of nitrogens with zero attached hydrogens (tertiary/aromatic N) is 3. The van der Waals surface area contributed by atoms with Crippen molar-refractivity contribution in [2.75, 3.05) is 38.5 Å². The van der Waals surface area contributed by atoms with E-state index in [9.17, 15) is 0 Å². The molecule has 0 aromatic carbocycles. The Hall–Kier alpha value is -0.700. The first kappa shape index (κ1) is 20.3. The molecule has 130 valence electrons. The molecule has 1 aliphatic rings. The van der Waals surface area contributed by atoms with Gasteiger partial charge in [0.2, 0.25) is 0 Å². The summed E-state index contributed by atoms with van der Waals surface area (Å²) in [6, 6.07) is 3.78. The lowest BCUT2D eigenvalue weighted by Crippen LogP contribution is -2.51. The number of rotatable bonds is 5. The van der Waals surface area contributed by atoms with Gasteiger partial charge >= 0.3 is 0 Å². The summed E-state index contributed by atoms with van der Waals surface area (Å²) < 4.78 is 5.92. The van der Waals surface area contributed by atoms with Crippen LogP contribution in [0.5, 0.6) is 5.75 Å². The van der Waals surface area contributed by atoms with E-state index in [1.54, 1.807) is 12.4 Å². The SMILES string of the molecule is CCNC(=NCCOc1cccnc1)N1CCSC(C)(C)C1.I. The number of thioether (sulfide) groups is 1. The van der Waals surface area contributed by atoms with E-state index in [2.05, 4.69) is 36.0 Å². The first-order valence-corrected chi connectivity index (χ1v) is 8.79. The molecule has 7 heteroatoms. The zero-order valence-corrected chi connectivity index (χ0v) is 17.3. The van der Waals surface area contributed by atoms with Gasteiger partial charge in [-0.15, -0.1) is 24.0 Å². The highest BCUT2D eigenvalue weighted by Gasteiger charge is 2.28. The van der Waals surface area contributed by atoms with Gasteiger partial charge in [0, 0.05) is 36.3 Å². The van der Waals surface area contributed by atoms with Crippen molar-refractivity contribution in [2.45, 2.75) is 25.5 Å². The Morgan fingerprint density at radius 2 is 2.35 bits per heavy atom. The number of hydrogen-bond donors (Lipinski definition) is 1. The highest BCUT2D eigenvalue weighted by molar-refractivity contribution is 14.0. The molecule has 1 aromatic heterocycles. The van der Waals surface area contributed by atoms with Crippen LogP contribution in [0.15, 0.2) is 29.5 Å². The second kappa shape index (κ2) is 10.2. The third-order valence-electron chi connectivity index (χ3n) is 3.32. The van der Waals surface area contributed by atoms with Gasteiger partial charge in [0.15, 0.2) is 5.96 Å². The molecule has 1 aliphatic heterocycles. The van der Waals surface area contributed by atoms with Crippen molar-refractivity contribution in [3.05, 3.63) is 24.5 Å². The maximum Gasteiger partial charge on any atom is 0.194 e. The summed E-state index contributed by atoms with van der Waals surface area (Å²) >= 11 is 2.03. The Morgan fingerprint density at radius 1 is 1.52 bits per heavy atom. The van der Waals surface area contributed by atoms with Crippen LogP contribution in [0.1, 0.15) is 20.8 Å². The molecule has 0 bridgehead atoms. The van der Waals surface area contributed by atoms with Crippen LogP contribution in [0.25, 0.3) is 0 Å². The Morgan fingerprint density at radius 3 is 3.00 bits per heavy atom. The predicted molar refractivity (Wildman–Crippen MR) is 109 cm³/mol. The van der Waals surface area contributed by atoms with Gasteiger partial charge < -0.3 is 15.0 Å². The van der Waals surface area contributed by atoms with Crippen molar-refractivity contribution in [1.29, 1.82) is 0 Å². The molecule has 1 saturated heterocycles. The molecule has 0 atom stereocenters. The van der Waals surface area contributed by atoms with E-state index in [0.717, 1.165) is 37.1 Å². The molecule has 0 aliphatic carbocycles. The first-order valence-electron chi connectivity index (χ1n) is 7.81. The standard InChI is InChI=1S/C16H26N4OS.HI/c1-4-18-15(20-9-11-22-16(2,3)13-20)19-8-10-21-14-6-5-7-17-12-14;/h5-7,12H,4,8-11,13H2,1-3H3,(H,18,19);1H. The van der Waals surface area contributed by atoms with Crippen LogP contribution >= 0.6 is 35.7 Å². The number of guanidine groups is 1. The van der Waals surface area contributed by atoms with Gasteiger partial charge in [0.1, 0.15) is 12.4 Å². The Balaban J connectivity index is 0.00000264. The fourth-order valence-corrected chi connectivity index (χ4v) is 3.48. The minimum Gasteiger partial charge on any atom is -0.490 e. The molecule has 1 N–H and O–H groups in total. The second-order valence-electron chi connectivity index (χ2n) is 5.80. The van der Waals surface area contributed by atoms with E-state index in [4.69, 9.17) is 9.73 Å². The molecule has 0 spiro atoms. The number of halogens is 1. The van der Waals surface area contributed by atoms with Gasteiger partial charge in [-0.1, -0.05) is 0 Å². The quantitative estimate of drug-likeness (QED) is 0.324. The second-order valence-corrected chi connectivity index (χ2v) is 7.60. The van der Waals surface area contributed by atoms with Gasteiger partial charge in [0.25, 0.3) is 0 Å². The van der Waals surface area contributed by atoms with Crippen LogP contribution < -0.4 is 10.1 Å². The number of hydrogen-bond acceptors (Lipinski definition) is 4. The summed E-state index contributed by atoms with van der Waals surface area (Å²) in [4.78, 5) is 11.1. The fraction of sp³-hybridized carbons (Fsp3) is 0.625. The van der Waals surface area contributed by atoms with E-state index in [1.807, 2.05) is 23.9 Å². The van der Waals surface area contributed by atoms with E-state index in [0.29, 0.717) is 13.2 Å². The van der Waals surface area contributed by atoms with Crippen molar-refractivity contribution < 1.29 is 4.74 Å². The van der Waals surface area contributed by atoms with Gasteiger partial charge in [0.05, 0.1) is 12.7 Å². The lowest BCUT2D eigenvalue weighted by atomic mass is 10.2. The zero-order chi connectivity index (χ0) is 15.8. The molecule has 23 heavy (non-hydrogen) atoms. The maximum absolute atomic E-state index is 5.64. The van der Waals surface area contributed by atoms with Crippen molar-refractivity contribution in [3.63, 3.8) is 0 Å². The molecule has 2 rings (SSSR count). The lowest BCUT2D eigenvalue weighted by Gasteiger charge is -2.39. The number of nitrogens with one attached hydrogen (secondary N) is 1. The number of aromatic nitrogens is 1. The smallest absolute Gasteiger partial charge is 0.194 e. The Labute approximate surface area is 160 Å². The van der Waals surface area contributed by atoms with Gasteiger partial charge in [-0.3, -0.25) is 4.98 Å². The van der Waals surface area contributed by atoms with Crippen LogP contribution in [0.3, 0.4) is 0 Å². The molecule has 0 radical (unpaired) electrons. The molecular weight excluding hydrogens is 423 g/mol. The Bertz CT molecular complexity index is 484. The summed E-state index contributed by atoms with van der Waals surface area (Å²) in [6.45, 7) is 10.8. The van der Waals surface area contributed by atoms with Gasteiger partial charge in [-0.2, -0.15) is 11.8 Å². The van der Waals surface area contributed by atoms with Crippen LogP contribution in [0, 0.1) is 0 Å². The topological polar surface area (TPSA) is 49.8 Å². The van der Waals surface area contributed by atoms with E-state index < -0.39 is 0 Å². The molecule has 0 saturated carbocycles. The fourth-order valence-electron chi connectivity index (χ4n) is 2.37. The molecule has 2 heterocycles. The summed E-state index contributed by atoms with van der Waals surface area (Å²) in [5, 5.41) is 3.39. The van der Waals surface area contributed by atoms with Crippen molar-refractivity contribution in [2.24, 2.45) is 4.99 Å². The van der Waals surface area contributed by atoms with Crippen LogP contribution in [0.2, 0.25) is 0 Å². The molecular formula is C16H27IN4OS. The molecule has 1 fully saturated rings. The molecule has 1 aromatic rings. The third kappa shape index (κ3) is 7.15. The predicted octanol–water partition coefficient (Wildman–Crippen LogP) is 2.87. The average molecular weight is 450 g/mol. The normalized spacial score (nSPS) is 17.3. The summed E-state index contributed by atoms with van der Waals surface area (Å²) in [5.74, 6) is 2.92. The third-order valence-corrected chi connectivity index (χ3v) is 4.61. The lowest BCUT2D eigenvalue weighted by molar-refractivity contribution is 0.324. The minimum absolute atomic E-state index is 0. The number of aliphatic imine (C=N–C) groups is 1. The highest BCUT2D eigenvalue weighted by atomic mass is 127. The zero-order valence-electron chi connectivity index (χ0n) is 14.1. The first-order chi connectivity index (χ1) is 10.6. The monoisotopic (exact) mass is 450 g/mol. The summed E-state index contributed by atoms with van der Waals surface area (Å²) in [7, 11) is 0. The van der Waals surface area contributed by atoms with Crippen molar-refractivity contribution in [1.82, 2.24) is 15.2 Å². The number of ether oxygens (including phenoxy) is 1. The van der Waals surface area contributed by atoms with Crippen molar-refractivity contribution in [3.8, 4) is 5.75 Å². The maximum atomic E-state index is 5.64. The largest absolute Gasteiger partial charge is 0.490 e. The highest BCUT2D eigenvalue weighted by Crippen LogP contribution is 2.29. The summed E-state index contributed by atoms with van der Waals surface area (Å²) in [6.07, 6.45) is 3.46. The minimum atomic E-state index is 0.